The van der Waals surface area contributed by atoms with Crippen molar-refractivity contribution in [1.82, 2.24) is 9.38 Å². The Bertz CT molecular complexity index is 773. The topological polar surface area (TPSA) is 63.5 Å². The molecule has 2 heterocycles. The van der Waals surface area contributed by atoms with E-state index >= 15 is 0 Å². The fourth-order valence-corrected chi connectivity index (χ4v) is 2.74. The van der Waals surface area contributed by atoms with Gasteiger partial charge in [0.25, 0.3) is 0 Å². The van der Waals surface area contributed by atoms with E-state index in [9.17, 15) is 9.59 Å². The SMILES string of the molecule is CC(=O)c1ccc(NC(=O)Cc2cn3ccsc3n2)cc1. The van der Waals surface area contributed by atoms with Crippen molar-refractivity contribution in [2.75, 3.05) is 5.32 Å². The van der Waals surface area contributed by atoms with Crippen LogP contribution in [-0.4, -0.2) is 21.1 Å². The minimum absolute atomic E-state index is 0.00552. The molecule has 0 spiro atoms. The Morgan fingerprint density at radius 3 is 2.71 bits per heavy atom. The predicted molar refractivity (Wildman–Crippen MR) is 81.8 cm³/mol. The standard InChI is InChI=1S/C15H13N3O2S/c1-10(19)11-2-4-12(5-3-11)16-14(20)8-13-9-18-6-7-21-15(18)17-13/h2-7,9H,8H2,1H3,(H,16,20). The molecular formula is C15H13N3O2S. The molecule has 1 amide bonds. The molecule has 3 rings (SSSR count). The molecule has 2 aromatic heterocycles. The summed E-state index contributed by atoms with van der Waals surface area (Å²) in [5, 5.41) is 4.74. The largest absolute Gasteiger partial charge is 0.326 e. The number of hydrogen-bond acceptors (Lipinski definition) is 4. The third-order valence-electron chi connectivity index (χ3n) is 3.06. The molecule has 21 heavy (non-hydrogen) atoms. The molecule has 0 saturated carbocycles. The minimum atomic E-state index is -0.128. The summed E-state index contributed by atoms with van der Waals surface area (Å²) in [6.07, 6.45) is 3.99. The number of carbonyl (C=O) groups excluding carboxylic acids is 2. The van der Waals surface area contributed by atoms with Crippen LogP contribution in [0.4, 0.5) is 5.69 Å². The Hall–Kier alpha value is -2.47. The average molecular weight is 299 g/mol. The average Bonchev–Trinajstić information content (AvgIpc) is 3.00. The monoisotopic (exact) mass is 299 g/mol. The lowest BCUT2D eigenvalue weighted by Crippen LogP contribution is -2.14. The Morgan fingerprint density at radius 2 is 2.05 bits per heavy atom. The molecule has 1 aromatic carbocycles. The van der Waals surface area contributed by atoms with Gasteiger partial charge in [0.1, 0.15) is 0 Å². The van der Waals surface area contributed by atoms with Crippen molar-refractivity contribution in [1.29, 1.82) is 0 Å². The second kappa shape index (κ2) is 5.49. The maximum atomic E-state index is 12.0. The van der Waals surface area contributed by atoms with Crippen LogP contribution in [0.5, 0.6) is 0 Å². The highest BCUT2D eigenvalue weighted by Gasteiger charge is 2.09. The van der Waals surface area contributed by atoms with Crippen LogP contribution in [-0.2, 0) is 11.2 Å². The third kappa shape index (κ3) is 3.00. The number of ketones is 1. The fourth-order valence-electron chi connectivity index (χ4n) is 2.02. The first-order valence-corrected chi connectivity index (χ1v) is 7.32. The van der Waals surface area contributed by atoms with Crippen LogP contribution < -0.4 is 5.32 Å². The molecule has 6 heteroatoms. The molecule has 0 aliphatic heterocycles. The Morgan fingerprint density at radius 1 is 1.29 bits per heavy atom. The third-order valence-corrected chi connectivity index (χ3v) is 3.83. The molecule has 1 N–H and O–H groups in total. The highest BCUT2D eigenvalue weighted by molar-refractivity contribution is 7.15. The lowest BCUT2D eigenvalue weighted by molar-refractivity contribution is -0.115. The number of hydrogen-bond donors (Lipinski definition) is 1. The van der Waals surface area contributed by atoms with Crippen molar-refractivity contribution in [3.63, 3.8) is 0 Å². The van der Waals surface area contributed by atoms with E-state index in [0.717, 1.165) is 10.7 Å². The highest BCUT2D eigenvalue weighted by Crippen LogP contribution is 2.13. The van der Waals surface area contributed by atoms with Crippen molar-refractivity contribution in [2.45, 2.75) is 13.3 Å². The van der Waals surface area contributed by atoms with Crippen molar-refractivity contribution in [3.05, 3.63) is 53.3 Å². The van der Waals surface area contributed by atoms with Gasteiger partial charge in [-0.1, -0.05) is 0 Å². The van der Waals surface area contributed by atoms with Gasteiger partial charge >= 0.3 is 0 Å². The zero-order chi connectivity index (χ0) is 14.8. The van der Waals surface area contributed by atoms with Crippen LogP contribution in [0.2, 0.25) is 0 Å². The van der Waals surface area contributed by atoms with E-state index in [1.807, 2.05) is 22.2 Å². The number of fused-ring (bicyclic) bond motifs is 1. The second-order valence-corrected chi connectivity index (χ2v) is 5.56. The maximum absolute atomic E-state index is 12.0. The maximum Gasteiger partial charge on any atom is 0.230 e. The zero-order valence-corrected chi connectivity index (χ0v) is 12.2. The number of aromatic nitrogens is 2. The van der Waals surface area contributed by atoms with Gasteiger partial charge in [0.15, 0.2) is 10.7 Å². The van der Waals surface area contributed by atoms with Gasteiger partial charge in [-0.3, -0.25) is 14.0 Å². The summed E-state index contributed by atoms with van der Waals surface area (Å²) in [5.41, 5.74) is 2.04. The molecule has 0 unspecified atom stereocenters. The van der Waals surface area contributed by atoms with E-state index < -0.39 is 0 Å². The first kappa shape index (κ1) is 13.5. The van der Waals surface area contributed by atoms with E-state index in [2.05, 4.69) is 10.3 Å². The van der Waals surface area contributed by atoms with Crippen molar-refractivity contribution >= 4 is 33.7 Å². The van der Waals surface area contributed by atoms with Crippen LogP contribution >= 0.6 is 11.3 Å². The van der Waals surface area contributed by atoms with Crippen LogP contribution in [0.15, 0.2) is 42.0 Å². The number of carbonyl (C=O) groups is 2. The highest BCUT2D eigenvalue weighted by atomic mass is 32.1. The smallest absolute Gasteiger partial charge is 0.230 e. The molecule has 106 valence electrons. The quantitative estimate of drug-likeness (QED) is 0.753. The summed E-state index contributed by atoms with van der Waals surface area (Å²) < 4.78 is 1.90. The van der Waals surface area contributed by atoms with E-state index in [-0.39, 0.29) is 18.1 Å². The van der Waals surface area contributed by atoms with Crippen molar-refractivity contribution in [3.8, 4) is 0 Å². The van der Waals surface area contributed by atoms with Crippen LogP contribution in [0, 0.1) is 0 Å². The minimum Gasteiger partial charge on any atom is -0.326 e. The summed E-state index contributed by atoms with van der Waals surface area (Å²) in [6, 6.07) is 6.84. The molecule has 5 nitrogen and oxygen atoms in total. The lowest BCUT2D eigenvalue weighted by Gasteiger charge is -2.04. The van der Waals surface area contributed by atoms with E-state index in [4.69, 9.17) is 0 Å². The number of Topliss-reactive ketones (excluding diaryl/α,β-unsaturated/α-hetero) is 1. The number of nitrogens with one attached hydrogen (secondary N) is 1. The second-order valence-electron chi connectivity index (χ2n) is 4.68. The van der Waals surface area contributed by atoms with Crippen LogP contribution in [0.3, 0.4) is 0 Å². The summed E-state index contributed by atoms with van der Waals surface area (Å²) >= 11 is 1.53. The first-order chi connectivity index (χ1) is 10.1. The number of rotatable bonds is 4. The van der Waals surface area contributed by atoms with E-state index in [1.165, 1.54) is 18.3 Å². The van der Waals surface area contributed by atoms with Gasteiger partial charge in [-0.25, -0.2) is 4.98 Å². The van der Waals surface area contributed by atoms with Gasteiger partial charge in [0.2, 0.25) is 5.91 Å². The van der Waals surface area contributed by atoms with Gasteiger partial charge in [-0.2, -0.15) is 0 Å². The summed E-state index contributed by atoms with van der Waals surface area (Å²) in [6.45, 7) is 1.51. The van der Waals surface area contributed by atoms with Gasteiger partial charge in [0, 0.05) is 29.0 Å². The molecule has 0 saturated heterocycles. The molecule has 3 aromatic rings. The van der Waals surface area contributed by atoms with Gasteiger partial charge in [0.05, 0.1) is 12.1 Å². The van der Waals surface area contributed by atoms with Crippen molar-refractivity contribution in [2.24, 2.45) is 0 Å². The molecule has 0 aliphatic carbocycles. The Kier molecular flexibility index (Phi) is 3.53. The number of amides is 1. The fraction of sp³-hybridized carbons (Fsp3) is 0.133. The van der Waals surface area contributed by atoms with Gasteiger partial charge in [-0.15, -0.1) is 11.3 Å². The number of benzene rings is 1. The summed E-state index contributed by atoms with van der Waals surface area (Å²) in [5.74, 6) is -0.123. The summed E-state index contributed by atoms with van der Waals surface area (Å²) in [7, 11) is 0. The summed E-state index contributed by atoms with van der Waals surface area (Å²) in [4.78, 5) is 28.4. The van der Waals surface area contributed by atoms with Gasteiger partial charge < -0.3 is 5.32 Å². The zero-order valence-electron chi connectivity index (χ0n) is 11.4. The number of imidazole rings is 1. The number of nitrogens with zero attached hydrogens (tertiary/aromatic N) is 2. The molecule has 0 fully saturated rings. The number of thiazole rings is 1. The molecule has 0 aliphatic rings. The van der Waals surface area contributed by atoms with Gasteiger partial charge in [-0.05, 0) is 31.2 Å². The molecular weight excluding hydrogens is 286 g/mol. The predicted octanol–water partition coefficient (Wildman–Crippen LogP) is 2.78. The molecule has 0 atom stereocenters. The normalized spacial score (nSPS) is 10.7. The van der Waals surface area contributed by atoms with E-state index in [0.29, 0.717) is 11.3 Å². The van der Waals surface area contributed by atoms with Crippen molar-refractivity contribution < 1.29 is 9.59 Å². The lowest BCUT2D eigenvalue weighted by atomic mass is 10.1. The first-order valence-electron chi connectivity index (χ1n) is 6.44. The number of anilines is 1. The van der Waals surface area contributed by atoms with E-state index in [1.54, 1.807) is 24.3 Å². The van der Waals surface area contributed by atoms with Crippen LogP contribution in [0.1, 0.15) is 23.0 Å². The van der Waals surface area contributed by atoms with Crippen LogP contribution in [0.25, 0.3) is 4.96 Å². The molecule has 0 radical (unpaired) electrons. The Labute approximate surface area is 125 Å². The molecule has 0 bridgehead atoms. The Balaban J connectivity index is 1.65.